The number of ether oxygens (including phenoxy) is 1. The highest BCUT2D eigenvalue weighted by Crippen LogP contribution is 2.21. The average Bonchev–Trinajstić information content (AvgIpc) is 2.64. The molecule has 0 radical (unpaired) electrons. The van der Waals surface area contributed by atoms with Crippen molar-refractivity contribution < 1.29 is 24.4 Å². The van der Waals surface area contributed by atoms with Gasteiger partial charge < -0.3 is 15.2 Å². The molecule has 2 rings (SSSR count). The molecule has 0 aromatic heterocycles. The average molecular weight is 356 g/mol. The molecule has 8 nitrogen and oxygen atoms in total. The number of rotatable bonds is 7. The summed E-state index contributed by atoms with van der Waals surface area (Å²) in [6.07, 6.45) is 2.32. The Morgan fingerprint density at radius 3 is 2.58 bits per heavy atom. The minimum Gasteiger partial charge on any atom is -0.478 e. The van der Waals surface area contributed by atoms with Crippen molar-refractivity contribution in [2.45, 2.75) is 6.61 Å². The van der Waals surface area contributed by atoms with Crippen LogP contribution in [0.4, 0.5) is 10.5 Å². The lowest BCUT2D eigenvalue weighted by atomic mass is 10.1. The fourth-order valence-electron chi connectivity index (χ4n) is 2.08. The first-order valence-corrected chi connectivity index (χ1v) is 7.60. The number of carboxylic acids is 1. The van der Waals surface area contributed by atoms with Gasteiger partial charge in [0.2, 0.25) is 0 Å². The molecule has 2 N–H and O–H groups in total. The van der Waals surface area contributed by atoms with Crippen molar-refractivity contribution in [3.63, 3.8) is 0 Å². The fraction of sp³-hybridized carbons (Fsp3) is 0.111. The molecule has 2 aromatic carbocycles. The molecule has 0 aliphatic heterocycles. The number of hydrogen-bond donors (Lipinski definition) is 2. The maximum atomic E-state index is 11.6. The summed E-state index contributed by atoms with van der Waals surface area (Å²) in [5, 5.41) is 22.4. The molecule has 0 bridgehead atoms. The van der Waals surface area contributed by atoms with Crippen molar-refractivity contribution in [1.29, 1.82) is 0 Å². The minimum atomic E-state index is -1.24. The highest BCUT2D eigenvalue weighted by molar-refractivity contribution is 5.89. The lowest BCUT2D eigenvalue weighted by Crippen LogP contribution is -2.24. The van der Waals surface area contributed by atoms with Gasteiger partial charge in [0, 0.05) is 12.6 Å². The van der Waals surface area contributed by atoms with Crippen LogP contribution in [0.5, 0.6) is 0 Å². The van der Waals surface area contributed by atoms with Gasteiger partial charge in [0.25, 0.3) is 5.69 Å². The number of hydrogen-bond acceptors (Lipinski definition) is 5. The van der Waals surface area contributed by atoms with Crippen molar-refractivity contribution in [2.75, 3.05) is 6.54 Å². The van der Waals surface area contributed by atoms with Gasteiger partial charge in [-0.1, -0.05) is 42.5 Å². The van der Waals surface area contributed by atoms with E-state index in [0.29, 0.717) is 0 Å². The topological polar surface area (TPSA) is 119 Å². The van der Waals surface area contributed by atoms with Crippen molar-refractivity contribution in [2.24, 2.45) is 0 Å². The Morgan fingerprint density at radius 1 is 1.19 bits per heavy atom. The standard InChI is InChI=1S/C18H16N2O6/c21-17(22)15-9-8-14(16(11-15)20(24)25)7-4-10-19-18(23)26-12-13-5-2-1-3-6-13/h1-9,11H,10,12H2,(H,19,23)(H,21,22). The number of aromatic carboxylic acids is 1. The van der Waals surface area contributed by atoms with Gasteiger partial charge >= 0.3 is 12.1 Å². The van der Waals surface area contributed by atoms with Crippen LogP contribution in [0.25, 0.3) is 6.08 Å². The first-order chi connectivity index (χ1) is 12.5. The van der Waals surface area contributed by atoms with E-state index in [1.807, 2.05) is 30.3 Å². The van der Waals surface area contributed by atoms with E-state index in [4.69, 9.17) is 9.84 Å². The van der Waals surface area contributed by atoms with E-state index < -0.39 is 17.0 Å². The summed E-state index contributed by atoms with van der Waals surface area (Å²) < 4.78 is 5.03. The third kappa shape index (κ3) is 5.45. The molecule has 0 atom stereocenters. The van der Waals surface area contributed by atoms with Crippen LogP contribution >= 0.6 is 0 Å². The van der Waals surface area contributed by atoms with Gasteiger partial charge in [-0.2, -0.15) is 0 Å². The van der Waals surface area contributed by atoms with Gasteiger partial charge in [-0.25, -0.2) is 9.59 Å². The molecular formula is C18H16N2O6. The summed E-state index contributed by atoms with van der Waals surface area (Å²) in [7, 11) is 0. The number of carbonyl (C=O) groups is 2. The van der Waals surface area contributed by atoms with Gasteiger partial charge in [0.1, 0.15) is 6.61 Å². The van der Waals surface area contributed by atoms with Crippen LogP contribution in [0.1, 0.15) is 21.5 Å². The van der Waals surface area contributed by atoms with Crippen molar-refractivity contribution in [3.05, 3.63) is 81.4 Å². The largest absolute Gasteiger partial charge is 0.478 e. The fourth-order valence-corrected chi connectivity index (χ4v) is 2.08. The van der Waals surface area contributed by atoms with Gasteiger partial charge in [-0.15, -0.1) is 0 Å². The molecule has 1 amide bonds. The Bertz CT molecular complexity index is 833. The number of nitrogens with one attached hydrogen (secondary N) is 1. The molecular weight excluding hydrogens is 340 g/mol. The molecule has 0 fully saturated rings. The summed E-state index contributed by atoms with van der Waals surface area (Å²) in [4.78, 5) is 32.9. The normalized spacial score (nSPS) is 10.5. The number of carbonyl (C=O) groups excluding carboxylic acids is 1. The predicted molar refractivity (Wildman–Crippen MR) is 93.7 cm³/mol. The van der Waals surface area contributed by atoms with E-state index >= 15 is 0 Å². The summed E-state index contributed by atoms with van der Waals surface area (Å²) in [5.41, 5.74) is 0.594. The molecule has 0 aliphatic rings. The van der Waals surface area contributed by atoms with E-state index in [2.05, 4.69) is 5.32 Å². The monoisotopic (exact) mass is 356 g/mol. The molecule has 0 saturated heterocycles. The second-order valence-corrected chi connectivity index (χ2v) is 5.18. The van der Waals surface area contributed by atoms with Crippen molar-refractivity contribution in [1.82, 2.24) is 5.32 Å². The van der Waals surface area contributed by atoms with E-state index in [1.54, 1.807) is 0 Å². The van der Waals surface area contributed by atoms with Crippen molar-refractivity contribution in [3.8, 4) is 0 Å². The Kier molecular flexibility index (Phi) is 6.44. The highest BCUT2D eigenvalue weighted by atomic mass is 16.6. The number of nitrogens with zero attached hydrogens (tertiary/aromatic N) is 1. The second-order valence-electron chi connectivity index (χ2n) is 5.18. The summed E-state index contributed by atoms with van der Waals surface area (Å²) in [5.74, 6) is -1.24. The summed E-state index contributed by atoms with van der Waals surface area (Å²) in [6, 6.07) is 12.8. The van der Waals surface area contributed by atoms with Crippen LogP contribution in [0.15, 0.2) is 54.6 Å². The second kappa shape index (κ2) is 8.97. The Hall–Kier alpha value is -3.68. The Labute approximate surface area is 148 Å². The van der Waals surface area contributed by atoms with Crippen molar-refractivity contribution >= 4 is 23.8 Å². The number of nitro benzene ring substituents is 1. The van der Waals surface area contributed by atoms with Gasteiger partial charge in [0.15, 0.2) is 0 Å². The molecule has 26 heavy (non-hydrogen) atoms. The zero-order valence-corrected chi connectivity index (χ0v) is 13.6. The van der Waals surface area contributed by atoms with E-state index in [9.17, 15) is 19.7 Å². The third-order valence-electron chi connectivity index (χ3n) is 3.35. The quantitative estimate of drug-likeness (QED) is 0.581. The van der Waals surface area contributed by atoms with E-state index in [1.165, 1.54) is 24.3 Å². The number of benzene rings is 2. The molecule has 2 aromatic rings. The number of alkyl carbamates (subject to hydrolysis) is 1. The van der Waals surface area contributed by atoms with Crippen LogP contribution < -0.4 is 5.32 Å². The van der Waals surface area contributed by atoms with E-state index in [0.717, 1.165) is 11.6 Å². The van der Waals surface area contributed by atoms with E-state index in [-0.39, 0.29) is 30.0 Å². The molecule has 0 unspecified atom stereocenters. The maximum absolute atomic E-state index is 11.6. The van der Waals surface area contributed by atoms with Gasteiger partial charge in [-0.3, -0.25) is 10.1 Å². The van der Waals surface area contributed by atoms with Crippen LogP contribution in [-0.4, -0.2) is 28.6 Å². The third-order valence-corrected chi connectivity index (χ3v) is 3.35. The number of amides is 1. The molecule has 134 valence electrons. The predicted octanol–water partition coefficient (Wildman–Crippen LogP) is 3.23. The van der Waals surface area contributed by atoms with Crippen LogP contribution in [0.3, 0.4) is 0 Å². The Morgan fingerprint density at radius 2 is 1.92 bits per heavy atom. The first kappa shape index (κ1) is 18.7. The minimum absolute atomic E-state index is 0.103. The zero-order valence-electron chi connectivity index (χ0n) is 13.6. The molecule has 0 aliphatic carbocycles. The SMILES string of the molecule is O=C(NCC=Cc1ccc(C(=O)O)cc1[N+](=O)[O-])OCc1ccccc1. The molecule has 8 heteroatoms. The van der Waals surface area contributed by atoms with Gasteiger partial charge in [-0.05, 0) is 17.7 Å². The molecule has 0 spiro atoms. The highest BCUT2D eigenvalue weighted by Gasteiger charge is 2.15. The number of carboxylic acid groups (broad SMARTS) is 1. The Balaban J connectivity index is 1.89. The van der Waals surface area contributed by atoms with Crippen LogP contribution in [0, 0.1) is 10.1 Å². The van der Waals surface area contributed by atoms with Gasteiger partial charge in [0.05, 0.1) is 16.1 Å². The lowest BCUT2D eigenvalue weighted by Gasteiger charge is -2.05. The van der Waals surface area contributed by atoms with Crippen LogP contribution in [0.2, 0.25) is 0 Å². The molecule has 0 saturated carbocycles. The first-order valence-electron chi connectivity index (χ1n) is 7.60. The maximum Gasteiger partial charge on any atom is 0.407 e. The molecule has 0 heterocycles. The summed E-state index contributed by atoms with van der Waals surface area (Å²) >= 11 is 0. The number of nitro groups is 1. The zero-order chi connectivity index (χ0) is 18.9. The lowest BCUT2D eigenvalue weighted by molar-refractivity contribution is -0.385. The summed E-state index contributed by atoms with van der Waals surface area (Å²) in [6.45, 7) is 0.240. The van der Waals surface area contributed by atoms with Crippen LogP contribution in [-0.2, 0) is 11.3 Å². The smallest absolute Gasteiger partial charge is 0.407 e.